The van der Waals surface area contributed by atoms with E-state index in [9.17, 15) is 16.8 Å². The van der Waals surface area contributed by atoms with Gasteiger partial charge >= 0.3 is 0 Å². The maximum atomic E-state index is 12.9. The molecule has 2 aromatic heterocycles. The standard InChI is InChI=1S/C22H17ClN4O4S2/c23-20-8-3-15(14-19(20)22-18-2-1-10-24-21(18)9-11-25-22)26-33(30,31)17-6-4-16(5-7-17)27-12-13-32(27,28)29/h1-11,14,26H,12-13H2. The minimum absolute atomic E-state index is 0.00755. The van der Waals surface area contributed by atoms with Gasteiger partial charge in [-0.3, -0.25) is 19.0 Å². The number of hydrogen-bond donors (Lipinski definition) is 1. The molecule has 0 spiro atoms. The van der Waals surface area contributed by atoms with E-state index in [0.29, 0.717) is 34.2 Å². The van der Waals surface area contributed by atoms with E-state index in [1.807, 2.05) is 6.07 Å². The number of halogens is 1. The van der Waals surface area contributed by atoms with Crippen LogP contribution in [0.5, 0.6) is 0 Å². The molecule has 5 rings (SSSR count). The van der Waals surface area contributed by atoms with Crippen molar-refractivity contribution in [3.8, 4) is 11.3 Å². The molecule has 0 radical (unpaired) electrons. The van der Waals surface area contributed by atoms with Gasteiger partial charge in [-0.25, -0.2) is 16.8 Å². The average Bonchev–Trinajstić information content (AvgIpc) is 2.79. The normalized spacial score (nSPS) is 15.2. The minimum atomic E-state index is -3.92. The first-order valence-electron chi connectivity index (χ1n) is 9.88. The van der Waals surface area contributed by atoms with Gasteiger partial charge in [0.2, 0.25) is 10.0 Å². The van der Waals surface area contributed by atoms with Gasteiger partial charge in [0.1, 0.15) is 0 Å². The molecule has 0 amide bonds. The number of nitrogens with one attached hydrogen (secondary N) is 1. The molecule has 1 aliphatic heterocycles. The Morgan fingerprint density at radius 2 is 1.76 bits per heavy atom. The van der Waals surface area contributed by atoms with Crippen molar-refractivity contribution in [3.05, 3.63) is 78.1 Å². The van der Waals surface area contributed by atoms with Gasteiger partial charge in [-0.1, -0.05) is 11.6 Å². The van der Waals surface area contributed by atoms with Gasteiger partial charge < -0.3 is 0 Å². The Bertz CT molecular complexity index is 1590. The second-order valence-corrected chi connectivity index (χ2v) is 11.5. The summed E-state index contributed by atoms with van der Waals surface area (Å²) in [5, 5.41) is 1.21. The number of aromatic nitrogens is 2. The number of rotatable bonds is 5. The van der Waals surface area contributed by atoms with Crippen LogP contribution in [0.25, 0.3) is 22.2 Å². The summed E-state index contributed by atoms with van der Waals surface area (Å²) in [6, 6.07) is 15.9. The first kappa shape index (κ1) is 21.6. The van der Waals surface area contributed by atoms with Crippen LogP contribution >= 0.6 is 11.6 Å². The van der Waals surface area contributed by atoms with Gasteiger partial charge in [0, 0.05) is 35.6 Å². The number of hydrogen-bond acceptors (Lipinski definition) is 6. The summed E-state index contributed by atoms with van der Waals surface area (Å²) in [7, 11) is -7.20. The Kier molecular flexibility index (Phi) is 5.23. The molecule has 0 bridgehead atoms. The number of anilines is 2. The number of sulfonamides is 2. The summed E-state index contributed by atoms with van der Waals surface area (Å²) in [6.45, 7) is 0.387. The van der Waals surface area contributed by atoms with E-state index in [2.05, 4.69) is 14.7 Å². The lowest BCUT2D eigenvalue weighted by atomic mass is 10.1. The third kappa shape index (κ3) is 4.01. The molecule has 0 unspecified atom stereocenters. The molecule has 1 aliphatic rings. The Balaban J connectivity index is 1.46. The van der Waals surface area contributed by atoms with Gasteiger partial charge in [-0.15, -0.1) is 0 Å². The zero-order chi connectivity index (χ0) is 23.2. The fraction of sp³-hybridized carbons (Fsp3) is 0.0909. The van der Waals surface area contributed by atoms with Crippen molar-refractivity contribution >= 4 is 53.9 Å². The number of benzene rings is 2. The topological polar surface area (TPSA) is 109 Å². The van der Waals surface area contributed by atoms with Crippen LogP contribution in [0.3, 0.4) is 0 Å². The van der Waals surface area contributed by atoms with E-state index in [4.69, 9.17) is 11.6 Å². The number of fused-ring (bicyclic) bond motifs is 1. The van der Waals surface area contributed by atoms with Crippen molar-refractivity contribution < 1.29 is 16.8 Å². The van der Waals surface area contributed by atoms with Crippen molar-refractivity contribution in [1.29, 1.82) is 0 Å². The molecule has 0 aliphatic carbocycles. The lowest BCUT2D eigenvalue weighted by Crippen LogP contribution is -2.47. The maximum absolute atomic E-state index is 12.9. The summed E-state index contributed by atoms with van der Waals surface area (Å²) < 4.78 is 53.2. The lowest BCUT2D eigenvalue weighted by molar-refractivity contribution is 0.578. The van der Waals surface area contributed by atoms with E-state index in [-0.39, 0.29) is 10.6 Å². The molecule has 4 aromatic rings. The monoisotopic (exact) mass is 500 g/mol. The van der Waals surface area contributed by atoms with Gasteiger partial charge in [-0.05, 0) is 60.7 Å². The fourth-order valence-corrected chi connectivity index (χ4v) is 5.98. The third-order valence-corrected chi connectivity index (χ3v) is 8.82. The lowest BCUT2D eigenvalue weighted by Gasteiger charge is -2.32. The van der Waals surface area contributed by atoms with Crippen LogP contribution in [0.4, 0.5) is 11.4 Å². The zero-order valence-corrected chi connectivity index (χ0v) is 19.4. The first-order valence-corrected chi connectivity index (χ1v) is 13.3. The average molecular weight is 501 g/mol. The first-order chi connectivity index (χ1) is 15.7. The predicted octanol–water partition coefficient (Wildman–Crippen LogP) is 3.90. The Hall–Kier alpha value is -3.21. The van der Waals surface area contributed by atoms with Crippen molar-refractivity contribution in [2.45, 2.75) is 4.90 Å². The molecule has 11 heteroatoms. The van der Waals surface area contributed by atoms with Gasteiger partial charge in [0.25, 0.3) is 10.0 Å². The van der Waals surface area contributed by atoms with Crippen molar-refractivity contribution in [1.82, 2.24) is 9.97 Å². The van der Waals surface area contributed by atoms with Crippen LogP contribution in [0, 0.1) is 0 Å². The van der Waals surface area contributed by atoms with E-state index in [0.717, 1.165) is 10.9 Å². The molecular formula is C22H17ClN4O4S2. The van der Waals surface area contributed by atoms with E-state index < -0.39 is 20.0 Å². The molecule has 3 heterocycles. The highest BCUT2D eigenvalue weighted by atomic mass is 35.5. The molecule has 1 N–H and O–H groups in total. The predicted molar refractivity (Wildman–Crippen MR) is 128 cm³/mol. The van der Waals surface area contributed by atoms with Crippen LogP contribution in [-0.4, -0.2) is 39.1 Å². The van der Waals surface area contributed by atoms with E-state index in [1.54, 1.807) is 42.7 Å². The highest BCUT2D eigenvalue weighted by Crippen LogP contribution is 2.34. The van der Waals surface area contributed by atoms with Crippen molar-refractivity contribution in [3.63, 3.8) is 0 Å². The van der Waals surface area contributed by atoms with Gasteiger partial charge in [-0.2, -0.15) is 0 Å². The van der Waals surface area contributed by atoms with Crippen molar-refractivity contribution in [2.75, 3.05) is 21.3 Å². The smallest absolute Gasteiger partial charge is 0.261 e. The van der Waals surface area contributed by atoms with Gasteiger partial charge in [0.05, 0.1) is 32.6 Å². The summed E-state index contributed by atoms with van der Waals surface area (Å²) >= 11 is 6.42. The summed E-state index contributed by atoms with van der Waals surface area (Å²) in [4.78, 5) is 8.76. The van der Waals surface area contributed by atoms with Crippen LogP contribution in [0.15, 0.2) is 78.0 Å². The molecule has 168 valence electrons. The molecule has 1 fully saturated rings. The Labute approximate surface area is 196 Å². The third-order valence-electron chi connectivity index (χ3n) is 5.33. The van der Waals surface area contributed by atoms with Crippen LogP contribution in [0.2, 0.25) is 5.02 Å². The fourth-order valence-electron chi connectivity index (χ4n) is 3.61. The summed E-state index contributed by atoms with van der Waals surface area (Å²) in [5.41, 5.74) is 2.64. The highest BCUT2D eigenvalue weighted by molar-refractivity contribution is 7.94. The molecule has 1 saturated heterocycles. The highest BCUT2D eigenvalue weighted by Gasteiger charge is 2.32. The zero-order valence-electron chi connectivity index (χ0n) is 17.0. The minimum Gasteiger partial charge on any atom is -0.280 e. The summed E-state index contributed by atoms with van der Waals surface area (Å²) in [5.74, 6) is 0.0924. The number of pyridine rings is 2. The molecular weight excluding hydrogens is 484 g/mol. The van der Waals surface area contributed by atoms with E-state index in [1.165, 1.54) is 28.6 Å². The molecule has 33 heavy (non-hydrogen) atoms. The largest absolute Gasteiger partial charge is 0.280 e. The van der Waals surface area contributed by atoms with Gasteiger partial charge in [0.15, 0.2) is 0 Å². The second kappa shape index (κ2) is 7.98. The van der Waals surface area contributed by atoms with Crippen LogP contribution in [0.1, 0.15) is 0 Å². The van der Waals surface area contributed by atoms with Crippen LogP contribution in [-0.2, 0) is 20.0 Å². The Morgan fingerprint density at radius 3 is 2.45 bits per heavy atom. The Morgan fingerprint density at radius 1 is 0.970 bits per heavy atom. The molecule has 0 saturated carbocycles. The maximum Gasteiger partial charge on any atom is 0.261 e. The van der Waals surface area contributed by atoms with Crippen molar-refractivity contribution in [2.24, 2.45) is 0 Å². The molecule has 0 atom stereocenters. The summed E-state index contributed by atoms with van der Waals surface area (Å²) in [6.07, 6.45) is 3.30. The van der Waals surface area contributed by atoms with Crippen LogP contribution < -0.4 is 9.03 Å². The quantitative estimate of drug-likeness (QED) is 0.445. The van der Waals surface area contributed by atoms with E-state index >= 15 is 0 Å². The number of nitrogens with zero attached hydrogens (tertiary/aromatic N) is 3. The molecule has 8 nitrogen and oxygen atoms in total. The molecule has 2 aromatic carbocycles. The second-order valence-electron chi connectivity index (χ2n) is 7.41. The SMILES string of the molecule is O=S(=O)(Nc1ccc(Cl)c(-c2nccc3ncccc23)c1)c1ccc(N2CCS2(=O)=O)cc1.